The predicted molar refractivity (Wildman–Crippen MR) is 97.1 cm³/mol. The smallest absolute Gasteiger partial charge is 0.315 e. The fourth-order valence-electron chi connectivity index (χ4n) is 2.70. The minimum Gasteiger partial charge on any atom is -0.454 e. The number of ether oxygens (including phenoxy) is 2. The van der Waals surface area contributed by atoms with E-state index in [2.05, 4.69) is 10.6 Å². The number of hydrogen-bond acceptors (Lipinski definition) is 4. The fraction of sp³-hybridized carbons (Fsp3) is 0.316. The SMILES string of the molecule is CN(CCCNC(=O)NCc1ccc2c(c1)OCO2)c1ccccc1F. The standard InChI is InChI=1S/C19H22FN3O3/c1-23(16-6-3-2-5-15(16)20)10-4-9-21-19(24)22-12-14-7-8-17-18(11-14)26-13-25-17/h2-3,5-8,11H,4,9-10,12-13H2,1H3,(H2,21,22,24). The van der Waals surface area contributed by atoms with Crippen molar-refractivity contribution in [3.05, 3.63) is 53.8 Å². The minimum atomic E-state index is -0.246. The first-order chi connectivity index (χ1) is 12.6. The number of halogens is 1. The third kappa shape index (κ3) is 4.56. The molecule has 0 saturated heterocycles. The second kappa shape index (κ2) is 8.42. The molecule has 0 spiro atoms. The molecule has 0 aliphatic carbocycles. The maximum Gasteiger partial charge on any atom is 0.315 e. The van der Waals surface area contributed by atoms with Crippen LogP contribution in [-0.2, 0) is 6.54 Å². The zero-order valence-electron chi connectivity index (χ0n) is 14.6. The lowest BCUT2D eigenvalue weighted by atomic mass is 10.2. The van der Waals surface area contributed by atoms with Crippen LogP contribution >= 0.6 is 0 Å². The number of hydrogen-bond donors (Lipinski definition) is 2. The molecule has 7 heteroatoms. The molecule has 2 aromatic rings. The van der Waals surface area contributed by atoms with Crippen molar-refractivity contribution in [1.82, 2.24) is 10.6 Å². The van der Waals surface area contributed by atoms with Crippen LogP contribution in [0.15, 0.2) is 42.5 Å². The third-order valence-corrected chi connectivity index (χ3v) is 4.11. The predicted octanol–water partition coefficient (Wildman–Crippen LogP) is 2.88. The molecular weight excluding hydrogens is 337 g/mol. The molecule has 0 saturated carbocycles. The maximum absolute atomic E-state index is 13.7. The number of urea groups is 1. The number of carbonyl (C=O) groups excluding carboxylic acids is 1. The van der Waals surface area contributed by atoms with E-state index in [0.29, 0.717) is 37.5 Å². The van der Waals surface area contributed by atoms with Crippen LogP contribution in [0.25, 0.3) is 0 Å². The molecule has 0 unspecified atom stereocenters. The van der Waals surface area contributed by atoms with Gasteiger partial charge in [-0.05, 0) is 36.2 Å². The molecule has 2 amide bonds. The fourth-order valence-corrected chi connectivity index (χ4v) is 2.70. The highest BCUT2D eigenvalue weighted by molar-refractivity contribution is 5.73. The Hall–Kier alpha value is -2.96. The number of para-hydroxylation sites is 1. The molecule has 2 N–H and O–H groups in total. The molecule has 0 bridgehead atoms. The van der Waals surface area contributed by atoms with Crippen molar-refractivity contribution < 1.29 is 18.7 Å². The zero-order chi connectivity index (χ0) is 18.4. The first-order valence-electron chi connectivity index (χ1n) is 8.49. The van der Waals surface area contributed by atoms with Crippen molar-refractivity contribution in [3.8, 4) is 11.5 Å². The van der Waals surface area contributed by atoms with Gasteiger partial charge in [0.2, 0.25) is 6.79 Å². The van der Waals surface area contributed by atoms with E-state index in [1.54, 1.807) is 18.2 Å². The van der Waals surface area contributed by atoms with Gasteiger partial charge in [0.25, 0.3) is 0 Å². The molecule has 138 valence electrons. The van der Waals surface area contributed by atoms with Gasteiger partial charge in [-0.15, -0.1) is 0 Å². The van der Waals surface area contributed by atoms with Gasteiger partial charge in [-0.1, -0.05) is 18.2 Å². The number of rotatable bonds is 7. The number of benzene rings is 2. The Morgan fingerprint density at radius 3 is 2.81 bits per heavy atom. The van der Waals surface area contributed by atoms with Crippen LogP contribution in [0, 0.1) is 5.82 Å². The Bertz CT molecular complexity index is 769. The van der Waals surface area contributed by atoms with E-state index < -0.39 is 0 Å². The van der Waals surface area contributed by atoms with Crippen molar-refractivity contribution >= 4 is 11.7 Å². The molecule has 3 rings (SSSR count). The van der Waals surface area contributed by atoms with Gasteiger partial charge in [-0.3, -0.25) is 0 Å². The van der Waals surface area contributed by atoms with Crippen LogP contribution in [0.2, 0.25) is 0 Å². The quantitative estimate of drug-likeness (QED) is 0.746. The van der Waals surface area contributed by atoms with Gasteiger partial charge in [0.05, 0.1) is 5.69 Å². The summed E-state index contributed by atoms with van der Waals surface area (Å²) in [4.78, 5) is 13.7. The molecule has 0 fully saturated rings. The molecule has 26 heavy (non-hydrogen) atoms. The zero-order valence-corrected chi connectivity index (χ0v) is 14.6. The van der Waals surface area contributed by atoms with Crippen LogP contribution < -0.4 is 25.0 Å². The number of nitrogens with zero attached hydrogens (tertiary/aromatic N) is 1. The molecule has 0 radical (unpaired) electrons. The molecule has 1 heterocycles. The Kier molecular flexibility index (Phi) is 5.78. The van der Waals surface area contributed by atoms with Gasteiger partial charge >= 0.3 is 6.03 Å². The number of nitrogens with one attached hydrogen (secondary N) is 2. The topological polar surface area (TPSA) is 62.8 Å². The van der Waals surface area contributed by atoms with Gasteiger partial charge < -0.3 is 25.0 Å². The lowest BCUT2D eigenvalue weighted by Crippen LogP contribution is -2.36. The molecule has 6 nitrogen and oxygen atoms in total. The van der Waals surface area contributed by atoms with E-state index in [-0.39, 0.29) is 18.6 Å². The van der Waals surface area contributed by atoms with Crippen LogP contribution in [0.3, 0.4) is 0 Å². The van der Waals surface area contributed by atoms with Crippen LogP contribution in [0.4, 0.5) is 14.9 Å². The Morgan fingerprint density at radius 1 is 1.15 bits per heavy atom. The number of amides is 2. The summed E-state index contributed by atoms with van der Waals surface area (Å²) < 4.78 is 24.2. The number of anilines is 1. The highest BCUT2D eigenvalue weighted by Gasteiger charge is 2.13. The van der Waals surface area contributed by atoms with Crippen molar-refractivity contribution in [2.24, 2.45) is 0 Å². The van der Waals surface area contributed by atoms with E-state index in [1.807, 2.05) is 30.1 Å². The highest BCUT2D eigenvalue weighted by Crippen LogP contribution is 2.32. The molecule has 1 aliphatic heterocycles. The van der Waals surface area contributed by atoms with E-state index in [4.69, 9.17) is 9.47 Å². The van der Waals surface area contributed by atoms with E-state index in [9.17, 15) is 9.18 Å². The van der Waals surface area contributed by atoms with Crippen LogP contribution in [-0.4, -0.2) is 33.0 Å². The normalized spacial score (nSPS) is 11.9. The highest BCUT2D eigenvalue weighted by atomic mass is 19.1. The molecule has 2 aromatic carbocycles. The summed E-state index contributed by atoms with van der Waals surface area (Å²) in [6.07, 6.45) is 0.711. The van der Waals surface area contributed by atoms with E-state index in [1.165, 1.54) is 6.07 Å². The van der Waals surface area contributed by atoms with Crippen LogP contribution in [0.5, 0.6) is 11.5 Å². The summed E-state index contributed by atoms with van der Waals surface area (Å²) in [5.41, 5.74) is 1.49. The summed E-state index contributed by atoms with van der Waals surface area (Å²) >= 11 is 0. The van der Waals surface area contributed by atoms with E-state index >= 15 is 0 Å². The lowest BCUT2D eigenvalue weighted by Gasteiger charge is -2.19. The van der Waals surface area contributed by atoms with Crippen molar-refractivity contribution in [2.75, 3.05) is 31.8 Å². The summed E-state index contributed by atoms with van der Waals surface area (Å²) in [6.45, 7) is 1.78. The van der Waals surface area contributed by atoms with Gasteiger partial charge in [0, 0.05) is 26.7 Å². The summed E-state index contributed by atoms with van der Waals surface area (Å²) in [5.74, 6) is 1.17. The summed E-state index contributed by atoms with van der Waals surface area (Å²) in [6, 6.07) is 12.0. The molecule has 0 aromatic heterocycles. The first kappa shape index (κ1) is 17.8. The number of fused-ring (bicyclic) bond motifs is 1. The summed E-state index contributed by atoms with van der Waals surface area (Å²) in [5, 5.41) is 5.60. The van der Waals surface area contributed by atoms with Crippen molar-refractivity contribution in [3.63, 3.8) is 0 Å². The van der Waals surface area contributed by atoms with E-state index in [0.717, 1.165) is 11.3 Å². The van der Waals surface area contributed by atoms with Gasteiger partial charge in [0.1, 0.15) is 5.82 Å². The van der Waals surface area contributed by atoms with Crippen molar-refractivity contribution in [2.45, 2.75) is 13.0 Å². The molecule has 0 atom stereocenters. The Labute approximate surface area is 151 Å². The minimum absolute atomic E-state index is 0.230. The molecule has 1 aliphatic rings. The Balaban J connectivity index is 1.35. The molecular formula is C19H22FN3O3. The van der Waals surface area contributed by atoms with Crippen LogP contribution in [0.1, 0.15) is 12.0 Å². The maximum atomic E-state index is 13.7. The second-order valence-electron chi connectivity index (χ2n) is 6.02. The lowest BCUT2D eigenvalue weighted by molar-refractivity contribution is 0.174. The van der Waals surface area contributed by atoms with Gasteiger partial charge in [-0.2, -0.15) is 0 Å². The average molecular weight is 359 g/mol. The Morgan fingerprint density at radius 2 is 1.96 bits per heavy atom. The van der Waals surface area contributed by atoms with Gasteiger partial charge in [-0.25, -0.2) is 9.18 Å². The number of carbonyl (C=O) groups is 1. The van der Waals surface area contributed by atoms with Gasteiger partial charge in [0.15, 0.2) is 11.5 Å². The summed E-state index contributed by atoms with van der Waals surface area (Å²) in [7, 11) is 1.83. The third-order valence-electron chi connectivity index (χ3n) is 4.11. The largest absolute Gasteiger partial charge is 0.454 e. The monoisotopic (exact) mass is 359 g/mol. The average Bonchev–Trinajstić information content (AvgIpc) is 3.11. The first-order valence-corrected chi connectivity index (χ1v) is 8.49. The second-order valence-corrected chi connectivity index (χ2v) is 6.02. The van der Waals surface area contributed by atoms with Crippen molar-refractivity contribution in [1.29, 1.82) is 0 Å².